The molecule has 0 saturated heterocycles. The quantitative estimate of drug-likeness (QED) is 0.617. The molecule has 0 aliphatic rings. The summed E-state index contributed by atoms with van der Waals surface area (Å²) < 4.78 is 0. The maximum absolute atomic E-state index is 2.12. The van der Waals surface area contributed by atoms with E-state index in [2.05, 4.69) is 48.5 Å². The number of hydrogen-bond donors (Lipinski definition) is 0. The minimum absolute atomic E-state index is 1.29. The minimum Gasteiger partial charge on any atom is -0.0901 e. The van der Waals surface area contributed by atoms with Crippen LogP contribution in [0.5, 0.6) is 0 Å². The van der Waals surface area contributed by atoms with Gasteiger partial charge in [-0.25, -0.2) is 0 Å². The van der Waals surface area contributed by atoms with E-state index in [0.29, 0.717) is 0 Å². The number of hydrogen-bond acceptors (Lipinski definition) is 1. The topological polar surface area (TPSA) is 0 Å². The Hall–Kier alpha value is -1.73. The molecule has 0 bridgehead atoms. The first kappa shape index (κ1) is 15.3. The zero-order valence-electron chi connectivity index (χ0n) is 11.5. The van der Waals surface area contributed by atoms with Gasteiger partial charge in [0.15, 0.2) is 0 Å². The molecule has 1 heteroatoms. The Morgan fingerprint density at radius 1 is 0.632 bits per heavy atom. The molecule has 0 aliphatic carbocycles. The molecule has 0 N–H and O–H groups in total. The molecule has 2 rings (SSSR count). The summed E-state index contributed by atoms with van der Waals surface area (Å²) in [4.78, 5) is 2.57. The smallest absolute Gasteiger partial charge is 0.0122 e. The normalized spacial score (nSPS) is 10.4. The van der Waals surface area contributed by atoms with Gasteiger partial charge in [-0.2, -0.15) is 0 Å². The molecule has 0 heterocycles. The molecule has 0 saturated carbocycles. The van der Waals surface area contributed by atoms with E-state index >= 15 is 0 Å². The van der Waals surface area contributed by atoms with E-state index < -0.39 is 0 Å². The average Bonchev–Trinajstić information content (AvgIpc) is 2.48. The Balaban J connectivity index is 0.000000258. The Kier molecular flexibility index (Phi) is 8.24. The Morgan fingerprint density at radius 2 is 1.00 bits per heavy atom. The second-order valence-corrected chi connectivity index (χ2v) is 4.93. The van der Waals surface area contributed by atoms with Gasteiger partial charge in [0.05, 0.1) is 0 Å². The lowest BCUT2D eigenvalue weighted by atomic mass is 10.4. The first-order valence-corrected chi connectivity index (χ1v) is 7.20. The molecular formula is C18H20S. The molecule has 98 valence electrons. The number of benzene rings is 2. The van der Waals surface area contributed by atoms with Crippen molar-refractivity contribution in [2.24, 2.45) is 0 Å². The lowest BCUT2D eigenvalue weighted by Crippen LogP contribution is -1.70. The lowest BCUT2D eigenvalue weighted by molar-refractivity contribution is 1.41. The fourth-order valence-electron chi connectivity index (χ4n) is 1.34. The monoisotopic (exact) mass is 268 g/mol. The Bertz CT molecular complexity index is 436. The summed E-state index contributed by atoms with van der Waals surface area (Å²) in [6, 6.07) is 20.8. The molecule has 2 aromatic rings. The summed E-state index contributed by atoms with van der Waals surface area (Å²) in [7, 11) is 0. The predicted octanol–water partition coefficient (Wildman–Crippen LogP) is 5.98. The summed E-state index contributed by atoms with van der Waals surface area (Å²) in [6.45, 7) is 4.00. The van der Waals surface area contributed by atoms with Crippen LogP contribution < -0.4 is 0 Å². The molecule has 0 aliphatic heterocycles. The van der Waals surface area contributed by atoms with Crippen LogP contribution in [0.1, 0.15) is 13.8 Å². The van der Waals surface area contributed by atoms with Crippen molar-refractivity contribution < 1.29 is 0 Å². The van der Waals surface area contributed by atoms with E-state index in [9.17, 15) is 0 Å². The molecule has 0 aromatic heterocycles. The highest BCUT2D eigenvalue weighted by molar-refractivity contribution is 7.99. The fourth-order valence-corrected chi connectivity index (χ4v) is 2.19. The lowest BCUT2D eigenvalue weighted by Gasteiger charge is -1.99. The summed E-state index contributed by atoms with van der Waals surface area (Å²) >= 11 is 1.79. The maximum atomic E-state index is 2.12. The van der Waals surface area contributed by atoms with Crippen molar-refractivity contribution in [2.75, 3.05) is 0 Å². The van der Waals surface area contributed by atoms with Gasteiger partial charge in [0.1, 0.15) is 0 Å². The first-order valence-electron chi connectivity index (χ1n) is 6.38. The SMILES string of the molecule is C/C=C\C=C/C.c1ccc(Sc2ccccc2)cc1. The van der Waals surface area contributed by atoms with Crippen molar-refractivity contribution in [1.29, 1.82) is 0 Å². The molecule has 0 atom stereocenters. The van der Waals surface area contributed by atoms with Crippen molar-refractivity contribution in [1.82, 2.24) is 0 Å². The van der Waals surface area contributed by atoms with Crippen LogP contribution in [0.25, 0.3) is 0 Å². The summed E-state index contributed by atoms with van der Waals surface area (Å²) in [5, 5.41) is 0. The van der Waals surface area contributed by atoms with Crippen LogP contribution in [0, 0.1) is 0 Å². The molecule has 0 amide bonds. The number of rotatable bonds is 3. The summed E-state index contributed by atoms with van der Waals surface area (Å²) in [5.74, 6) is 0. The van der Waals surface area contributed by atoms with Crippen molar-refractivity contribution in [2.45, 2.75) is 23.6 Å². The van der Waals surface area contributed by atoms with Gasteiger partial charge in [0.2, 0.25) is 0 Å². The van der Waals surface area contributed by atoms with Gasteiger partial charge in [-0.05, 0) is 38.1 Å². The molecular weight excluding hydrogens is 248 g/mol. The molecule has 0 fully saturated rings. The molecule has 0 unspecified atom stereocenters. The first-order chi connectivity index (χ1) is 9.36. The molecule has 0 nitrogen and oxygen atoms in total. The van der Waals surface area contributed by atoms with E-state index in [1.165, 1.54) is 9.79 Å². The van der Waals surface area contributed by atoms with Crippen LogP contribution in [0.4, 0.5) is 0 Å². The van der Waals surface area contributed by atoms with Crippen molar-refractivity contribution in [3.8, 4) is 0 Å². The van der Waals surface area contributed by atoms with Crippen LogP contribution in [0.3, 0.4) is 0 Å². The third-order valence-electron chi connectivity index (χ3n) is 2.22. The van der Waals surface area contributed by atoms with E-state index in [1.54, 1.807) is 11.8 Å². The van der Waals surface area contributed by atoms with Crippen LogP contribution in [-0.4, -0.2) is 0 Å². The van der Waals surface area contributed by atoms with Crippen LogP contribution in [0.15, 0.2) is 94.8 Å². The van der Waals surface area contributed by atoms with E-state index in [4.69, 9.17) is 0 Å². The molecule has 0 radical (unpaired) electrons. The third-order valence-corrected chi connectivity index (χ3v) is 3.23. The van der Waals surface area contributed by atoms with Gasteiger partial charge in [-0.15, -0.1) is 0 Å². The zero-order chi connectivity index (χ0) is 13.8. The third kappa shape index (κ3) is 7.32. The summed E-state index contributed by atoms with van der Waals surface area (Å²) in [6.07, 6.45) is 8.00. The van der Waals surface area contributed by atoms with Gasteiger partial charge >= 0.3 is 0 Å². The zero-order valence-corrected chi connectivity index (χ0v) is 12.3. The van der Waals surface area contributed by atoms with Gasteiger partial charge in [-0.1, -0.05) is 72.5 Å². The van der Waals surface area contributed by atoms with E-state index in [1.807, 2.05) is 50.3 Å². The van der Waals surface area contributed by atoms with Gasteiger partial charge in [-0.3, -0.25) is 0 Å². The van der Waals surface area contributed by atoms with E-state index in [-0.39, 0.29) is 0 Å². The second kappa shape index (κ2) is 10.2. The Morgan fingerprint density at radius 3 is 1.32 bits per heavy atom. The largest absolute Gasteiger partial charge is 0.0901 e. The highest BCUT2D eigenvalue weighted by Crippen LogP contribution is 2.26. The summed E-state index contributed by atoms with van der Waals surface area (Å²) in [5.41, 5.74) is 0. The van der Waals surface area contributed by atoms with Crippen molar-refractivity contribution in [3.63, 3.8) is 0 Å². The molecule has 0 spiro atoms. The van der Waals surface area contributed by atoms with Crippen LogP contribution in [-0.2, 0) is 0 Å². The molecule has 2 aromatic carbocycles. The maximum Gasteiger partial charge on any atom is 0.0122 e. The highest BCUT2D eigenvalue weighted by Gasteiger charge is 1.93. The molecule has 19 heavy (non-hydrogen) atoms. The van der Waals surface area contributed by atoms with E-state index in [0.717, 1.165) is 0 Å². The standard InChI is InChI=1S/C12H10S.C6H10/c1-3-7-11(8-4-1)13-12-9-5-2-6-10-12;1-3-5-6-4-2/h1-10H;3-6H,1-2H3/b;5-3-,6-4-. The second-order valence-electron chi connectivity index (χ2n) is 3.78. The fraction of sp³-hybridized carbons (Fsp3) is 0.111. The minimum atomic E-state index is 1.29. The predicted molar refractivity (Wildman–Crippen MR) is 86.6 cm³/mol. The van der Waals surface area contributed by atoms with Crippen LogP contribution in [0.2, 0.25) is 0 Å². The van der Waals surface area contributed by atoms with Gasteiger partial charge in [0, 0.05) is 9.79 Å². The van der Waals surface area contributed by atoms with Gasteiger partial charge < -0.3 is 0 Å². The van der Waals surface area contributed by atoms with Crippen LogP contribution >= 0.6 is 11.8 Å². The van der Waals surface area contributed by atoms with Crippen molar-refractivity contribution in [3.05, 3.63) is 85.0 Å². The average molecular weight is 268 g/mol. The Labute approximate surface area is 120 Å². The van der Waals surface area contributed by atoms with Crippen molar-refractivity contribution >= 4 is 11.8 Å². The number of allylic oxidation sites excluding steroid dienone is 4. The van der Waals surface area contributed by atoms with Gasteiger partial charge in [0.25, 0.3) is 0 Å². The highest BCUT2D eigenvalue weighted by atomic mass is 32.2.